The molecule has 1 unspecified atom stereocenters. The van der Waals surface area contributed by atoms with Gasteiger partial charge in [-0.1, -0.05) is 39.0 Å². The van der Waals surface area contributed by atoms with Crippen molar-refractivity contribution >= 4 is 5.91 Å². The van der Waals surface area contributed by atoms with E-state index < -0.39 is 0 Å². The number of carbonyl (C=O) groups excluding carboxylic acids is 1. The fourth-order valence-corrected chi connectivity index (χ4v) is 2.28. The minimum atomic E-state index is 0.145. The summed E-state index contributed by atoms with van der Waals surface area (Å²) in [6.07, 6.45) is 0. The first kappa shape index (κ1) is 13.1. The zero-order valence-electron chi connectivity index (χ0n) is 11.4. The van der Waals surface area contributed by atoms with Crippen LogP contribution in [0.3, 0.4) is 0 Å². The molecule has 3 nitrogen and oxygen atoms in total. The van der Waals surface area contributed by atoms with Gasteiger partial charge in [0.2, 0.25) is 0 Å². The second kappa shape index (κ2) is 5.11. The Kier molecular flexibility index (Phi) is 3.71. The predicted molar refractivity (Wildman–Crippen MR) is 73.6 cm³/mol. The SMILES string of the molecule is CC(C)(C)C1CN(C(=O)c2ccccc2)CCN1. The molecule has 0 aromatic heterocycles. The molecule has 18 heavy (non-hydrogen) atoms. The van der Waals surface area contributed by atoms with Crippen molar-refractivity contribution in [3.8, 4) is 0 Å². The van der Waals surface area contributed by atoms with Crippen LogP contribution >= 0.6 is 0 Å². The predicted octanol–water partition coefficient (Wildman–Crippen LogP) is 2.15. The van der Waals surface area contributed by atoms with Crippen LogP contribution in [-0.4, -0.2) is 36.5 Å². The van der Waals surface area contributed by atoms with E-state index >= 15 is 0 Å². The van der Waals surface area contributed by atoms with Crippen molar-refractivity contribution in [2.45, 2.75) is 26.8 Å². The van der Waals surface area contributed by atoms with Crippen molar-refractivity contribution in [3.05, 3.63) is 35.9 Å². The van der Waals surface area contributed by atoms with Crippen LogP contribution in [0.2, 0.25) is 0 Å². The van der Waals surface area contributed by atoms with Crippen LogP contribution in [0, 0.1) is 5.41 Å². The third kappa shape index (κ3) is 2.91. The largest absolute Gasteiger partial charge is 0.336 e. The fourth-order valence-electron chi connectivity index (χ4n) is 2.28. The molecule has 1 amide bonds. The highest BCUT2D eigenvalue weighted by Gasteiger charge is 2.31. The van der Waals surface area contributed by atoms with Gasteiger partial charge in [-0.05, 0) is 17.5 Å². The summed E-state index contributed by atoms with van der Waals surface area (Å²) in [5, 5.41) is 3.50. The summed E-state index contributed by atoms with van der Waals surface area (Å²) in [7, 11) is 0. The van der Waals surface area contributed by atoms with Crippen LogP contribution in [0.25, 0.3) is 0 Å². The molecule has 1 aliphatic heterocycles. The molecule has 0 aliphatic carbocycles. The Morgan fingerprint density at radius 3 is 2.56 bits per heavy atom. The molecular weight excluding hydrogens is 224 g/mol. The average molecular weight is 246 g/mol. The first-order valence-corrected chi connectivity index (χ1v) is 6.56. The fraction of sp³-hybridized carbons (Fsp3) is 0.533. The number of amides is 1. The van der Waals surface area contributed by atoms with Gasteiger partial charge in [-0.3, -0.25) is 4.79 Å². The molecule has 1 N–H and O–H groups in total. The van der Waals surface area contributed by atoms with Crippen LogP contribution in [0.15, 0.2) is 30.3 Å². The molecule has 1 aromatic carbocycles. The molecule has 1 atom stereocenters. The normalized spacial score (nSPS) is 20.8. The molecule has 2 rings (SSSR count). The lowest BCUT2D eigenvalue weighted by molar-refractivity contribution is 0.0641. The van der Waals surface area contributed by atoms with Gasteiger partial charge < -0.3 is 10.2 Å². The highest BCUT2D eigenvalue weighted by molar-refractivity contribution is 5.94. The summed E-state index contributed by atoms with van der Waals surface area (Å²) < 4.78 is 0. The lowest BCUT2D eigenvalue weighted by atomic mass is 9.85. The molecule has 0 bridgehead atoms. The van der Waals surface area contributed by atoms with Crippen molar-refractivity contribution in [1.82, 2.24) is 10.2 Å². The minimum Gasteiger partial charge on any atom is -0.336 e. The standard InChI is InChI=1S/C15H22N2O/c1-15(2,3)13-11-17(10-9-16-13)14(18)12-7-5-4-6-8-12/h4-8,13,16H,9-11H2,1-3H3. The Bertz CT molecular complexity index is 408. The van der Waals surface area contributed by atoms with Crippen molar-refractivity contribution < 1.29 is 4.79 Å². The number of benzene rings is 1. The van der Waals surface area contributed by atoms with Gasteiger partial charge >= 0.3 is 0 Å². The lowest BCUT2D eigenvalue weighted by Gasteiger charge is -2.40. The van der Waals surface area contributed by atoms with Gasteiger partial charge in [-0.15, -0.1) is 0 Å². The number of nitrogens with one attached hydrogen (secondary N) is 1. The molecule has 0 spiro atoms. The minimum absolute atomic E-state index is 0.145. The molecule has 1 aromatic rings. The molecule has 1 heterocycles. The zero-order valence-corrected chi connectivity index (χ0v) is 11.4. The van der Waals surface area contributed by atoms with Crippen molar-refractivity contribution in [2.24, 2.45) is 5.41 Å². The van der Waals surface area contributed by atoms with Gasteiger partial charge in [0, 0.05) is 31.2 Å². The topological polar surface area (TPSA) is 32.3 Å². The van der Waals surface area contributed by atoms with Gasteiger partial charge in [0.25, 0.3) is 5.91 Å². The van der Waals surface area contributed by atoms with Crippen molar-refractivity contribution in [2.75, 3.05) is 19.6 Å². The van der Waals surface area contributed by atoms with Crippen LogP contribution in [-0.2, 0) is 0 Å². The molecule has 3 heteroatoms. The Morgan fingerprint density at radius 1 is 1.28 bits per heavy atom. The summed E-state index contributed by atoms with van der Waals surface area (Å²) in [5.41, 5.74) is 0.961. The number of piperazine rings is 1. The second-order valence-corrected chi connectivity index (χ2v) is 5.99. The maximum atomic E-state index is 12.4. The van der Waals surface area contributed by atoms with Gasteiger partial charge in [-0.2, -0.15) is 0 Å². The first-order valence-electron chi connectivity index (χ1n) is 6.56. The van der Waals surface area contributed by atoms with Gasteiger partial charge in [0.05, 0.1) is 0 Å². The Morgan fingerprint density at radius 2 is 1.94 bits per heavy atom. The second-order valence-electron chi connectivity index (χ2n) is 5.99. The highest BCUT2D eigenvalue weighted by atomic mass is 16.2. The molecule has 1 saturated heterocycles. The van der Waals surface area contributed by atoms with Crippen molar-refractivity contribution in [3.63, 3.8) is 0 Å². The van der Waals surface area contributed by atoms with E-state index in [2.05, 4.69) is 26.1 Å². The summed E-state index contributed by atoms with van der Waals surface area (Å²) in [6.45, 7) is 9.08. The van der Waals surface area contributed by atoms with Gasteiger partial charge in [0.1, 0.15) is 0 Å². The highest BCUT2D eigenvalue weighted by Crippen LogP contribution is 2.22. The quantitative estimate of drug-likeness (QED) is 0.823. The summed E-state index contributed by atoms with van der Waals surface area (Å²) in [5.74, 6) is 0.145. The Hall–Kier alpha value is -1.35. The van der Waals surface area contributed by atoms with Crippen molar-refractivity contribution in [1.29, 1.82) is 0 Å². The maximum Gasteiger partial charge on any atom is 0.253 e. The van der Waals surface area contributed by atoms with E-state index in [0.29, 0.717) is 6.04 Å². The Labute approximate surface area is 109 Å². The zero-order chi connectivity index (χ0) is 13.2. The van der Waals surface area contributed by atoms with E-state index in [9.17, 15) is 4.79 Å². The third-order valence-corrected chi connectivity index (χ3v) is 3.53. The maximum absolute atomic E-state index is 12.4. The average Bonchev–Trinajstić information content (AvgIpc) is 2.38. The van der Waals surface area contributed by atoms with E-state index in [1.807, 2.05) is 35.2 Å². The Balaban J connectivity index is 2.08. The lowest BCUT2D eigenvalue weighted by Crippen LogP contribution is -2.57. The number of nitrogens with zero attached hydrogens (tertiary/aromatic N) is 1. The van der Waals surface area contributed by atoms with Gasteiger partial charge in [0.15, 0.2) is 0 Å². The van der Waals surface area contributed by atoms with Gasteiger partial charge in [-0.25, -0.2) is 0 Å². The molecule has 1 fully saturated rings. The smallest absolute Gasteiger partial charge is 0.253 e. The molecular formula is C15H22N2O. The summed E-state index contributed by atoms with van der Waals surface area (Å²) in [6, 6.07) is 9.89. The van der Waals surface area contributed by atoms with E-state index in [1.165, 1.54) is 0 Å². The number of hydrogen-bond donors (Lipinski definition) is 1. The van der Waals surface area contributed by atoms with E-state index in [-0.39, 0.29) is 11.3 Å². The van der Waals surface area contributed by atoms with Crippen LogP contribution in [0.4, 0.5) is 0 Å². The third-order valence-electron chi connectivity index (χ3n) is 3.53. The summed E-state index contributed by atoms with van der Waals surface area (Å²) in [4.78, 5) is 14.3. The van der Waals surface area contributed by atoms with E-state index in [1.54, 1.807) is 0 Å². The van der Waals surface area contributed by atoms with Crippen LogP contribution in [0.5, 0.6) is 0 Å². The van der Waals surface area contributed by atoms with Crippen LogP contribution < -0.4 is 5.32 Å². The summed E-state index contributed by atoms with van der Waals surface area (Å²) >= 11 is 0. The number of rotatable bonds is 1. The van der Waals surface area contributed by atoms with E-state index in [4.69, 9.17) is 0 Å². The molecule has 0 radical (unpaired) electrons. The molecule has 1 aliphatic rings. The van der Waals surface area contributed by atoms with Crippen LogP contribution in [0.1, 0.15) is 31.1 Å². The van der Waals surface area contributed by atoms with E-state index in [0.717, 1.165) is 25.2 Å². The molecule has 0 saturated carbocycles. The number of hydrogen-bond acceptors (Lipinski definition) is 2. The molecule has 98 valence electrons. The number of carbonyl (C=O) groups is 1. The first-order chi connectivity index (χ1) is 8.48. The monoisotopic (exact) mass is 246 g/mol.